The molecule has 1 unspecified atom stereocenters. The third-order valence-corrected chi connectivity index (χ3v) is 8.86. The van der Waals surface area contributed by atoms with Crippen LogP contribution in [-0.4, -0.2) is 61.2 Å². The van der Waals surface area contributed by atoms with E-state index in [9.17, 15) is 19.2 Å². The van der Waals surface area contributed by atoms with Crippen LogP contribution in [0.15, 0.2) is 24.3 Å². The predicted octanol–water partition coefficient (Wildman–Crippen LogP) is 6.60. The number of fused-ring (bicyclic) bond motifs is 2. The lowest BCUT2D eigenvalue weighted by Gasteiger charge is -2.14. The fourth-order valence-electron chi connectivity index (χ4n) is 4.26. The Balaban J connectivity index is 1.44. The predicted molar refractivity (Wildman–Crippen MR) is 159 cm³/mol. The van der Waals surface area contributed by atoms with Crippen molar-refractivity contribution in [3.05, 3.63) is 45.7 Å². The molecule has 4 aromatic rings. The van der Waals surface area contributed by atoms with Crippen LogP contribution >= 0.6 is 22.7 Å². The first-order valence-corrected chi connectivity index (χ1v) is 14.9. The summed E-state index contributed by atoms with van der Waals surface area (Å²) < 4.78 is 53.6. The molecule has 44 heavy (non-hydrogen) atoms. The Kier molecular flexibility index (Phi) is 10.4. The van der Waals surface area contributed by atoms with Gasteiger partial charge in [0.05, 0.1) is 49.5 Å². The van der Waals surface area contributed by atoms with E-state index in [4.69, 9.17) is 29.2 Å². The Morgan fingerprint density at radius 1 is 0.773 bits per heavy atom. The number of hydrogen-bond acceptors (Lipinski definition) is 10. The number of hydrogen-bond donors (Lipinski definition) is 2. The maximum absolute atomic E-state index is 15.5. The third kappa shape index (κ3) is 7.08. The highest BCUT2D eigenvalue weighted by molar-refractivity contribution is 7.21. The molecule has 2 aromatic carbocycles. The van der Waals surface area contributed by atoms with Gasteiger partial charge >= 0.3 is 11.9 Å². The van der Waals surface area contributed by atoms with Gasteiger partial charge in [0.15, 0.2) is 46.2 Å². The molecule has 0 amide bonds. The monoisotopic (exact) mass is 650 g/mol. The number of methoxy groups -OCH3 is 2. The van der Waals surface area contributed by atoms with Gasteiger partial charge in [-0.05, 0) is 12.1 Å². The second kappa shape index (κ2) is 14.0. The van der Waals surface area contributed by atoms with Crippen molar-refractivity contribution in [1.82, 2.24) is 0 Å². The summed E-state index contributed by atoms with van der Waals surface area (Å²) in [5, 5.41) is 18.2. The van der Waals surface area contributed by atoms with Crippen LogP contribution in [0, 0.1) is 17.6 Å². The highest BCUT2D eigenvalue weighted by atomic mass is 32.1. The first-order valence-electron chi connectivity index (χ1n) is 13.3. The zero-order valence-electron chi connectivity index (χ0n) is 23.9. The molecule has 2 heterocycles. The van der Waals surface area contributed by atoms with Crippen molar-refractivity contribution in [2.45, 2.75) is 32.6 Å². The summed E-state index contributed by atoms with van der Waals surface area (Å²) in [7, 11) is 2.68. The molecule has 0 aliphatic heterocycles. The van der Waals surface area contributed by atoms with E-state index >= 15 is 8.78 Å². The van der Waals surface area contributed by atoms with E-state index in [1.165, 1.54) is 45.4 Å². The molecular weight excluding hydrogens is 622 g/mol. The van der Waals surface area contributed by atoms with Crippen molar-refractivity contribution in [3.8, 4) is 23.0 Å². The lowest BCUT2D eigenvalue weighted by atomic mass is 10.0. The van der Waals surface area contributed by atoms with E-state index in [0.717, 1.165) is 22.7 Å². The normalized spacial score (nSPS) is 11.8. The Labute approximate surface area is 257 Å². The number of carbonyl (C=O) groups is 4. The highest BCUT2D eigenvalue weighted by Crippen LogP contribution is 2.42. The molecule has 0 radical (unpaired) electrons. The van der Waals surface area contributed by atoms with E-state index in [1.807, 2.05) is 0 Å². The average Bonchev–Trinajstić information content (AvgIpc) is 3.62. The zero-order chi connectivity index (χ0) is 32.1. The lowest BCUT2D eigenvalue weighted by molar-refractivity contribution is -0.141. The molecule has 0 saturated carbocycles. The van der Waals surface area contributed by atoms with Crippen LogP contribution in [0.2, 0.25) is 0 Å². The maximum atomic E-state index is 15.5. The number of carbonyl (C=O) groups excluding carboxylic acids is 2. The van der Waals surface area contributed by atoms with Crippen LogP contribution in [0.3, 0.4) is 0 Å². The molecule has 234 valence electrons. The fraction of sp³-hybridized carbons (Fsp3) is 0.333. The van der Waals surface area contributed by atoms with Gasteiger partial charge in [-0.3, -0.25) is 19.2 Å². The topological polar surface area (TPSA) is 146 Å². The number of benzene rings is 2. The van der Waals surface area contributed by atoms with Crippen LogP contribution < -0.4 is 18.9 Å². The first kappa shape index (κ1) is 32.6. The van der Waals surface area contributed by atoms with Crippen molar-refractivity contribution in [1.29, 1.82) is 0 Å². The number of ketones is 2. The molecular formula is C30H28F2O10S2. The average molecular weight is 651 g/mol. The Hall–Kier alpha value is -4.30. The molecule has 0 saturated heterocycles. The Bertz CT molecular complexity index is 1740. The molecule has 2 aromatic heterocycles. The summed E-state index contributed by atoms with van der Waals surface area (Å²) >= 11 is 2.05. The van der Waals surface area contributed by atoms with Gasteiger partial charge in [-0.1, -0.05) is 6.92 Å². The van der Waals surface area contributed by atoms with Crippen LogP contribution in [-0.2, 0) is 9.59 Å². The summed E-state index contributed by atoms with van der Waals surface area (Å²) in [5.41, 5.74) is 0. The van der Waals surface area contributed by atoms with Gasteiger partial charge in [0.2, 0.25) is 0 Å². The smallest absolute Gasteiger partial charge is 0.306 e. The van der Waals surface area contributed by atoms with Crippen molar-refractivity contribution in [2.75, 3.05) is 27.4 Å². The number of carboxylic acids is 2. The number of halogens is 2. The van der Waals surface area contributed by atoms with E-state index in [-0.39, 0.29) is 82.4 Å². The molecule has 0 spiro atoms. The molecule has 0 aliphatic rings. The van der Waals surface area contributed by atoms with E-state index in [2.05, 4.69) is 0 Å². The van der Waals surface area contributed by atoms with Gasteiger partial charge in [-0.15, -0.1) is 22.7 Å². The number of thiophene rings is 2. The molecule has 0 bridgehead atoms. The molecule has 0 aliphatic carbocycles. The van der Waals surface area contributed by atoms with Crippen molar-refractivity contribution in [2.24, 2.45) is 5.92 Å². The van der Waals surface area contributed by atoms with Crippen molar-refractivity contribution in [3.63, 3.8) is 0 Å². The molecule has 14 heteroatoms. The minimum Gasteiger partial charge on any atom is -0.493 e. The number of aliphatic carboxylic acids is 2. The van der Waals surface area contributed by atoms with Crippen LogP contribution in [0.4, 0.5) is 8.78 Å². The Morgan fingerprint density at radius 2 is 1.25 bits per heavy atom. The van der Waals surface area contributed by atoms with Gasteiger partial charge in [0, 0.05) is 51.6 Å². The second-order valence-electron chi connectivity index (χ2n) is 9.72. The summed E-state index contributed by atoms with van der Waals surface area (Å²) in [4.78, 5) is 47.2. The minimum absolute atomic E-state index is 0.0433. The number of rotatable bonds is 16. The summed E-state index contributed by atoms with van der Waals surface area (Å²) in [6, 6.07) is 5.78. The van der Waals surface area contributed by atoms with Crippen LogP contribution in [0.1, 0.15) is 52.0 Å². The molecule has 0 fully saturated rings. The lowest BCUT2D eigenvalue weighted by Crippen LogP contribution is -2.13. The summed E-state index contributed by atoms with van der Waals surface area (Å²) in [6.07, 6.45) is -0.563. The standard InChI is InChI=1S/C30H28F2O10S2/c1-14(30(37)38)9-18(34)24-11-16-22(44-24)13-20(40-3)29(27(16)32)42-8-4-7-41-28-19(39-2)12-21-15(26(28)31)10-23(43-21)17(33)5-6-25(35)36/h10-14H,4-9H2,1-3H3,(H,35,36)(H,37,38). The first-order chi connectivity index (χ1) is 20.9. The second-order valence-corrected chi connectivity index (χ2v) is 11.9. The van der Waals surface area contributed by atoms with Crippen molar-refractivity contribution < 1.29 is 57.1 Å². The molecule has 1 atom stereocenters. The summed E-state index contributed by atoms with van der Waals surface area (Å²) in [6.45, 7) is 1.33. The highest BCUT2D eigenvalue weighted by Gasteiger charge is 2.24. The molecule has 2 N–H and O–H groups in total. The number of Topliss-reactive ketones (excluding diaryl/α,β-unsaturated/α-hetero) is 2. The van der Waals surface area contributed by atoms with E-state index in [0.29, 0.717) is 9.40 Å². The van der Waals surface area contributed by atoms with Gasteiger partial charge in [-0.2, -0.15) is 0 Å². The van der Waals surface area contributed by atoms with Crippen LogP contribution in [0.25, 0.3) is 20.2 Å². The minimum atomic E-state index is -1.11. The number of carboxylic acid groups (broad SMARTS) is 2. The molecule has 4 rings (SSSR count). The zero-order valence-corrected chi connectivity index (χ0v) is 25.5. The maximum Gasteiger partial charge on any atom is 0.306 e. The Morgan fingerprint density at radius 3 is 1.68 bits per heavy atom. The van der Waals surface area contributed by atoms with Gasteiger partial charge in [0.1, 0.15) is 0 Å². The van der Waals surface area contributed by atoms with Gasteiger partial charge in [0.25, 0.3) is 0 Å². The third-order valence-electron chi connectivity index (χ3n) is 6.62. The van der Waals surface area contributed by atoms with Gasteiger partial charge in [-0.25, -0.2) is 8.78 Å². The van der Waals surface area contributed by atoms with E-state index in [1.54, 1.807) is 0 Å². The number of ether oxygens (including phenoxy) is 4. The largest absolute Gasteiger partial charge is 0.493 e. The fourth-order valence-corrected chi connectivity index (χ4v) is 6.35. The van der Waals surface area contributed by atoms with Crippen molar-refractivity contribution >= 4 is 66.4 Å². The summed E-state index contributed by atoms with van der Waals surface area (Å²) in [5.74, 6) is -5.57. The quantitative estimate of drug-likeness (QED) is 0.100. The SMILES string of the molecule is COc1cc2sc(C(=O)CCC(=O)O)cc2c(F)c1OCCCOc1c(OC)cc2sc(C(=O)CC(C)C(=O)O)cc2c1F. The molecule has 10 nitrogen and oxygen atoms in total. The van der Waals surface area contributed by atoms with E-state index < -0.39 is 41.1 Å². The van der Waals surface area contributed by atoms with Gasteiger partial charge < -0.3 is 29.2 Å². The van der Waals surface area contributed by atoms with Crippen LogP contribution in [0.5, 0.6) is 23.0 Å².